The molecule has 0 bridgehead atoms. The molecule has 0 N–H and O–H groups in total. The largest absolute Gasteiger partial charge is 0.274 e. The summed E-state index contributed by atoms with van der Waals surface area (Å²) in [4.78, 5) is 29.4. The Morgan fingerprint density at radius 2 is 1.38 bits per heavy atom. The highest BCUT2D eigenvalue weighted by Crippen LogP contribution is 2.57. The highest BCUT2D eigenvalue weighted by atomic mass is 16.2. The second-order valence-corrected chi connectivity index (χ2v) is 8.97. The van der Waals surface area contributed by atoms with E-state index in [2.05, 4.69) is 43.3 Å². The Labute approximate surface area is 189 Å². The fourth-order valence-corrected chi connectivity index (χ4v) is 5.49. The molecule has 1 aliphatic carbocycles. The summed E-state index contributed by atoms with van der Waals surface area (Å²) in [6, 6.07) is 27.9. The zero-order valence-corrected chi connectivity index (χ0v) is 18.4. The summed E-state index contributed by atoms with van der Waals surface area (Å²) in [7, 11) is 0. The van der Waals surface area contributed by atoms with Crippen LogP contribution in [-0.4, -0.2) is 11.8 Å². The van der Waals surface area contributed by atoms with Crippen molar-refractivity contribution in [2.24, 2.45) is 11.3 Å². The summed E-state index contributed by atoms with van der Waals surface area (Å²) in [5.74, 6) is -0.988. The van der Waals surface area contributed by atoms with Crippen LogP contribution in [0.4, 0.5) is 5.69 Å². The van der Waals surface area contributed by atoms with E-state index in [0.717, 1.165) is 17.5 Å². The topological polar surface area (TPSA) is 37.4 Å². The van der Waals surface area contributed by atoms with Gasteiger partial charge in [-0.3, -0.25) is 9.59 Å². The molecule has 0 spiro atoms. The first kappa shape index (κ1) is 20.4. The van der Waals surface area contributed by atoms with Gasteiger partial charge in [0.15, 0.2) is 0 Å². The van der Waals surface area contributed by atoms with Gasteiger partial charge in [-0.25, -0.2) is 4.90 Å². The minimum absolute atomic E-state index is 0.110. The molecule has 0 saturated carbocycles. The Balaban J connectivity index is 1.66. The molecule has 5 rings (SSSR count). The van der Waals surface area contributed by atoms with Gasteiger partial charge in [0.05, 0.1) is 17.0 Å². The number of hydrogen-bond acceptors (Lipinski definition) is 2. The van der Waals surface area contributed by atoms with Crippen molar-refractivity contribution in [2.75, 3.05) is 4.90 Å². The lowest BCUT2D eigenvalue weighted by Gasteiger charge is -2.41. The lowest BCUT2D eigenvalue weighted by Crippen LogP contribution is -2.42. The molecule has 3 nitrogen and oxygen atoms in total. The first-order valence-electron chi connectivity index (χ1n) is 11.3. The van der Waals surface area contributed by atoms with Crippen LogP contribution in [0.15, 0.2) is 97.1 Å². The van der Waals surface area contributed by atoms with Crippen molar-refractivity contribution in [1.29, 1.82) is 0 Å². The van der Waals surface area contributed by atoms with Crippen molar-refractivity contribution < 1.29 is 9.59 Å². The molecule has 3 heteroatoms. The Morgan fingerprint density at radius 3 is 1.97 bits per heavy atom. The maximum atomic E-state index is 14.1. The van der Waals surface area contributed by atoms with Crippen LogP contribution in [0.3, 0.4) is 0 Å². The number of imide groups is 1. The minimum Gasteiger partial charge on any atom is -0.274 e. The number of carbonyl (C=O) groups is 2. The van der Waals surface area contributed by atoms with Gasteiger partial charge in [-0.15, -0.1) is 0 Å². The number of hydrogen-bond donors (Lipinski definition) is 0. The van der Waals surface area contributed by atoms with Crippen molar-refractivity contribution in [2.45, 2.75) is 32.1 Å². The molecule has 0 radical (unpaired) electrons. The summed E-state index contributed by atoms with van der Waals surface area (Å²) in [5.41, 5.74) is 3.11. The van der Waals surface area contributed by atoms with Gasteiger partial charge < -0.3 is 0 Å². The van der Waals surface area contributed by atoms with E-state index >= 15 is 0 Å². The van der Waals surface area contributed by atoms with Gasteiger partial charge in [0, 0.05) is 11.8 Å². The number of aryl methyl sites for hydroxylation is 1. The molecule has 2 amide bonds. The quantitative estimate of drug-likeness (QED) is 0.390. The van der Waals surface area contributed by atoms with Crippen LogP contribution in [-0.2, 0) is 16.0 Å². The summed E-state index contributed by atoms with van der Waals surface area (Å²) in [5, 5.41) is 0. The van der Waals surface area contributed by atoms with E-state index < -0.39 is 11.3 Å². The predicted molar refractivity (Wildman–Crippen MR) is 127 cm³/mol. The fraction of sp³-hybridized carbons (Fsp3) is 0.241. The zero-order valence-electron chi connectivity index (χ0n) is 18.4. The van der Waals surface area contributed by atoms with Crippen LogP contribution in [0.25, 0.3) is 0 Å². The molecule has 1 fully saturated rings. The fourth-order valence-electron chi connectivity index (χ4n) is 5.49. The number of rotatable bonds is 4. The molecular weight excluding hydrogens is 394 g/mol. The minimum atomic E-state index is -0.864. The van der Waals surface area contributed by atoms with Gasteiger partial charge in [0.1, 0.15) is 0 Å². The highest BCUT2D eigenvalue weighted by Gasteiger charge is 2.63. The van der Waals surface area contributed by atoms with E-state index in [4.69, 9.17) is 0 Å². The third-order valence-corrected chi connectivity index (χ3v) is 7.26. The molecule has 2 aliphatic rings. The zero-order chi connectivity index (χ0) is 22.3. The summed E-state index contributed by atoms with van der Waals surface area (Å²) >= 11 is 0. The maximum absolute atomic E-state index is 14.1. The van der Waals surface area contributed by atoms with Crippen LogP contribution < -0.4 is 4.90 Å². The van der Waals surface area contributed by atoms with Crippen molar-refractivity contribution in [1.82, 2.24) is 0 Å². The van der Waals surface area contributed by atoms with Gasteiger partial charge in [-0.05, 0) is 42.2 Å². The molecule has 0 aromatic heterocycles. The van der Waals surface area contributed by atoms with E-state index in [1.807, 2.05) is 67.6 Å². The molecule has 1 saturated heterocycles. The molecule has 3 aromatic rings. The number of amides is 2. The predicted octanol–water partition coefficient (Wildman–Crippen LogP) is 5.88. The molecule has 1 heterocycles. The maximum Gasteiger partial charge on any atom is 0.241 e. The van der Waals surface area contributed by atoms with Gasteiger partial charge in [-0.1, -0.05) is 91.9 Å². The number of anilines is 1. The van der Waals surface area contributed by atoms with E-state index in [0.29, 0.717) is 5.69 Å². The molecule has 160 valence electrons. The van der Waals surface area contributed by atoms with Crippen molar-refractivity contribution in [3.05, 3.63) is 114 Å². The number of allylic oxidation sites excluding steroid dienone is 2. The number of carbonyl (C=O) groups excluding carboxylic acids is 2. The second-order valence-electron chi connectivity index (χ2n) is 8.97. The SMILES string of the molecule is CCc1ccc(N2C(=O)[C@@H]3[C@H](c4ccccc4)C=C[C@H](c4ccccc4)[C@@]3(C)C2=O)cc1. The van der Waals surface area contributed by atoms with Crippen LogP contribution in [0.5, 0.6) is 0 Å². The third-order valence-electron chi connectivity index (χ3n) is 7.26. The number of nitrogens with zero attached hydrogens (tertiary/aromatic N) is 1. The molecule has 3 aromatic carbocycles. The van der Waals surface area contributed by atoms with Crippen LogP contribution >= 0.6 is 0 Å². The Morgan fingerprint density at radius 1 is 0.781 bits per heavy atom. The van der Waals surface area contributed by atoms with E-state index in [1.54, 1.807) is 0 Å². The normalized spacial score (nSPS) is 26.9. The molecule has 1 aliphatic heterocycles. The number of benzene rings is 3. The monoisotopic (exact) mass is 421 g/mol. The summed E-state index contributed by atoms with van der Waals surface area (Å²) < 4.78 is 0. The molecule has 32 heavy (non-hydrogen) atoms. The highest BCUT2D eigenvalue weighted by molar-refractivity contribution is 6.24. The molecule has 4 atom stereocenters. The lowest BCUT2D eigenvalue weighted by atomic mass is 9.58. The molecule has 0 unspecified atom stereocenters. The van der Waals surface area contributed by atoms with Crippen LogP contribution in [0.2, 0.25) is 0 Å². The van der Waals surface area contributed by atoms with Gasteiger partial charge in [0.25, 0.3) is 0 Å². The second kappa shape index (κ2) is 7.90. The smallest absolute Gasteiger partial charge is 0.241 e. The average molecular weight is 422 g/mol. The number of fused-ring (bicyclic) bond motifs is 1. The van der Waals surface area contributed by atoms with E-state index in [-0.39, 0.29) is 23.7 Å². The van der Waals surface area contributed by atoms with Crippen LogP contribution in [0, 0.1) is 11.3 Å². The summed E-state index contributed by atoms with van der Waals surface area (Å²) in [6.45, 7) is 4.08. The molecular formula is C29H27NO2. The lowest BCUT2D eigenvalue weighted by molar-refractivity contribution is -0.127. The Kier molecular flexibility index (Phi) is 5.05. The van der Waals surface area contributed by atoms with Crippen LogP contribution in [0.1, 0.15) is 42.4 Å². The van der Waals surface area contributed by atoms with E-state index in [9.17, 15) is 9.59 Å². The first-order chi connectivity index (χ1) is 15.6. The first-order valence-corrected chi connectivity index (χ1v) is 11.3. The van der Waals surface area contributed by atoms with Gasteiger partial charge >= 0.3 is 0 Å². The third kappa shape index (κ3) is 3.03. The van der Waals surface area contributed by atoms with Crippen molar-refractivity contribution in [3.8, 4) is 0 Å². The van der Waals surface area contributed by atoms with Crippen molar-refractivity contribution >= 4 is 17.5 Å². The summed E-state index contributed by atoms with van der Waals surface area (Å²) in [6.07, 6.45) is 5.19. The Hall–Kier alpha value is -3.46. The average Bonchev–Trinajstić information content (AvgIpc) is 3.05. The standard InChI is InChI=1S/C29H27NO2/c1-3-20-14-16-23(17-15-20)30-27(31)26-24(21-10-6-4-7-11-21)18-19-25(29(26,2)28(30)32)22-12-8-5-9-13-22/h4-19,24-26H,3H2,1-2H3/t24-,25+,26-,29+/m0/s1. The van der Waals surface area contributed by atoms with Gasteiger partial charge in [0.2, 0.25) is 11.8 Å². The van der Waals surface area contributed by atoms with Gasteiger partial charge in [-0.2, -0.15) is 0 Å². The Bertz CT molecular complexity index is 1170. The van der Waals surface area contributed by atoms with E-state index in [1.165, 1.54) is 10.5 Å². The van der Waals surface area contributed by atoms with Crippen molar-refractivity contribution in [3.63, 3.8) is 0 Å².